The minimum absolute atomic E-state index is 0.635. The van der Waals surface area contributed by atoms with Crippen LogP contribution < -0.4 is 5.32 Å². The first-order valence-electron chi connectivity index (χ1n) is 9.18. The lowest BCUT2D eigenvalue weighted by Crippen LogP contribution is -2.30. The lowest BCUT2D eigenvalue weighted by Gasteiger charge is -2.22. The monoisotopic (exact) mass is 332 g/mol. The highest BCUT2D eigenvalue weighted by Crippen LogP contribution is 2.24. The third-order valence-corrected chi connectivity index (χ3v) is 4.93. The van der Waals surface area contributed by atoms with Gasteiger partial charge >= 0.3 is 0 Å². The van der Waals surface area contributed by atoms with E-state index in [1.54, 1.807) is 6.20 Å². The normalized spacial score (nSPS) is 15.4. The quantitative estimate of drug-likeness (QED) is 0.755. The molecule has 4 nitrogen and oxygen atoms in total. The molecule has 0 unspecified atom stereocenters. The van der Waals surface area contributed by atoms with Gasteiger partial charge in [0.2, 0.25) is 0 Å². The molecule has 0 amide bonds. The van der Waals surface area contributed by atoms with Gasteiger partial charge in [-0.1, -0.05) is 37.5 Å². The van der Waals surface area contributed by atoms with Gasteiger partial charge in [0, 0.05) is 42.3 Å². The van der Waals surface area contributed by atoms with Crippen molar-refractivity contribution in [3.05, 3.63) is 66.6 Å². The third-order valence-electron chi connectivity index (χ3n) is 4.93. The van der Waals surface area contributed by atoms with Crippen LogP contribution in [0.5, 0.6) is 0 Å². The molecule has 0 saturated heterocycles. The van der Waals surface area contributed by atoms with E-state index in [9.17, 15) is 0 Å². The predicted molar refractivity (Wildman–Crippen MR) is 101 cm³/mol. The van der Waals surface area contributed by atoms with Gasteiger partial charge in [-0.15, -0.1) is 0 Å². The number of hydrogen-bond acceptors (Lipinski definition) is 3. The summed E-state index contributed by atoms with van der Waals surface area (Å²) in [6.45, 7) is 0.849. The van der Waals surface area contributed by atoms with Crippen molar-refractivity contribution in [2.75, 3.05) is 0 Å². The van der Waals surface area contributed by atoms with Crippen LogP contribution in [0.2, 0.25) is 0 Å². The zero-order valence-electron chi connectivity index (χ0n) is 14.4. The molecule has 0 bridgehead atoms. The summed E-state index contributed by atoms with van der Waals surface area (Å²) in [5, 5.41) is 8.59. The van der Waals surface area contributed by atoms with Gasteiger partial charge < -0.3 is 5.32 Å². The van der Waals surface area contributed by atoms with Crippen LogP contribution in [0, 0.1) is 0 Å². The van der Waals surface area contributed by atoms with Crippen LogP contribution in [-0.4, -0.2) is 20.8 Å². The van der Waals surface area contributed by atoms with Crippen LogP contribution in [-0.2, 0) is 6.54 Å². The van der Waals surface area contributed by atoms with Crippen LogP contribution in [0.15, 0.2) is 61.1 Å². The van der Waals surface area contributed by atoms with Gasteiger partial charge in [0.05, 0.1) is 11.4 Å². The summed E-state index contributed by atoms with van der Waals surface area (Å²) in [6, 6.07) is 15.0. The second-order valence-electron chi connectivity index (χ2n) is 6.74. The molecule has 2 heterocycles. The molecule has 2 aromatic heterocycles. The fourth-order valence-electron chi connectivity index (χ4n) is 3.56. The first kappa shape index (κ1) is 16.0. The topological polar surface area (TPSA) is 42.7 Å². The maximum atomic E-state index is 4.85. The summed E-state index contributed by atoms with van der Waals surface area (Å²) in [5.74, 6) is 0. The Morgan fingerprint density at radius 2 is 1.84 bits per heavy atom. The lowest BCUT2D eigenvalue weighted by atomic mass is 9.95. The Kier molecular flexibility index (Phi) is 4.89. The average Bonchev–Trinajstić information content (AvgIpc) is 3.13. The highest BCUT2D eigenvalue weighted by molar-refractivity contribution is 5.62. The van der Waals surface area contributed by atoms with Gasteiger partial charge in [0.1, 0.15) is 0 Å². The number of hydrogen-bond donors (Lipinski definition) is 1. The van der Waals surface area contributed by atoms with Crippen LogP contribution in [0.3, 0.4) is 0 Å². The Hall–Kier alpha value is -2.46. The molecule has 0 spiro atoms. The van der Waals surface area contributed by atoms with Crippen molar-refractivity contribution >= 4 is 0 Å². The van der Waals surface area contributed by atoms with E-state index < -0.39 is 0 Å². The molecule has 1 aromatic carbocycles. The highest BCUT2D eigenvalue weighted by Gasteiger charge is 2.16. The number of nitrogens with zero attached hydrogens (tertiary/aromatic N) is 3. The number of pyridine rings is 1. The summed E-state index contributed by atoms with van der Waals surface area (Å²) < 4.78 is 1.97. The van der Waals surface area contributed by atoms with E-state index in [1.165, 1.54) is 37.7 Å². The van der Waals surface area contributed by atoms with Gasteiger partial charge in [0.25, 0.3) is 0 Å². The first-order valence-corrected chi connectivity index (χ1v) is 9.18. The van der Waals surface area contributed by atoms with Crippen molar-refractivity contribution in [2.24, 2.45) is 0 Å². The number of aromatic nitrogens is 3. The molecular formula is C21H24N4. The Bertz CT molecular complexity index is 789. The van der Waals surface area contributed by atoms with Crippen LogP contribution >= 0.6 is 0 Å². The minimum Gasteiger partial charge on any atom is -0.310 e. The molecule has 1 saturated carbocycles. The van der Waals surface area contributed by atoms with Crippen LogP contribution in [0.4, 0.5) is 0 Å². The van der Waals surface area contributed by atoms with Crippen molar-refractivity contribution in [1.29, 1.82) is 0 Å². The standard InChI is InChI=1S/C21H24N4/c1-3-9-19(10-4-1)23-15-18-16-25(20-11-5-2-6-12-20)24-21(18)17-8-7-13-22-14-17/h2,5-8,11-14,16,19,23H,1,3-4,9-10,15H2. The summed E-state index contributed by atoms with van der Waals surface area (Å²) >= 11 is 0. The Labute approximate surface area is 148 Å². The number of para-hydroxylation sites is 1. The van der Waals surface area contributed by atoms with E-state index in [0.29, 0.717) is 6.04 Å². The largest absolute Gasteiger partial charge is 0.310 e. The summed E-state index contributed by atoms with van der Waals surface area (Å²) in [5.41, 5.74) is 4.39. The molecule has 1 aliphatic rings. The Morgan fingerprint density at radius 1 is 1.00 bits per heavy atom. The molecule has 1 fully saturated rings. The molecule has 4 rings (SSSR count). The Balaban J connectivity index is 1.62. The molecule has 3 aromatic rings. The molecular weight excluding hydrogens is 308 g/mol. The zero-order chi connectivity index (χ0) is 16.9. The first-order chi connectivity index (χ1) is 12.4. The molecule has 1 N–H and O–H groups in total. The molecule has 4 heteroatoms. The maximum Gasteiger partial charge on any atom is 0.0988 e. The summed E-state index contributed by atoms with van der Waals surface area (Å²) in [7, 11) is 0. The van der Waals surface area contributed by atoms with Crippen molar-refractivity contribution in [3.63, 3.8) is 0 Å². The molecule has 128 valence electrons. The highest BCUT2D eigenvalue weighted by atomic mass is 15.3. The third kappa shape index (κ3) is 3.80. The van der Waals surface area contributed by atoms with Crippen LogP contribution in [0.25, 0.3) is 16.9 Å². The molecule has 0 atom stereocenters. The molecule has 25 heavy (non-hydrogen) atoms. The van der Waals surface area contributed by atoms with Crippen molar-refractivity contribution < 1.29 is 0 Å². The zero-order valence-corrected chi connectivity index (χ0v) is 14.4. The fraction of sp³-hybridized carbons (Fsp3) is 0.333. The van der Waals surface area contributed by atoms with Gasteiger partial charge in [0.15, 0.2) is 0 Å². The van der Waals surface area contributed by atoms with E-state index in [2.05, 4.69) is 34.7 Å². The van der Waals surface area contributed by atoms with Crippen molar-refractivity contribution in [1.82, 2.24) is 20.1 Å². The smallest absolute Gasteiger partial charge is 0.0988 e. The van der Waals surface area contributed by atoms with Gasteiger partial charge in [-0.25, -0.2) is 4.68 Å². The number of benzene rings is 1. The molecule has 0 radical (unpaired) electrons. The SMILES string of the molecule is c1ccc(-n2cc(CNC3CCCCC3)c(-c3cccnc3)n2)cc1. The Morgan fingerprint density at radius 3 is 2.60 bits per heavy atom. The van der Waals surface area contributed by atoms with Crippen LogP contribution in [0.1, 0.15) is 37.7 Å². The number of nitrogens with one attached hydrogen (secondary N) is 1. The molecule has 1 aliphatic carbocycles. The maximum absolute atomic E-state index is 4.85. The van der Waals surface area contributed by atoms with E-state index in [1.807, 2.05) is 35.1 Å². The van der Waals surface area contributed by atoms with E-state index in [4.69, 9.17) is 5.10 Å². The predicted octanol–water partition coefficient (Wildman–Crippen LogP) is 4.36. The van der Waals surface area contributed by atoms with Gasteiger partial charge in [-0.05, 0) is 37.1 Å². The van der Waals surface area contributed by atoms with Crippen molar-refractivity contribution in [3.8, 4) is 16.9 Å². The summed E-state index contributed by atoms with van der Waals surface area (Å²) in [4.78, 5) is 4.26. The number of rotatable bonds is 5. The average molecular weight is 332 g/mol. The minimum atomic E-state index is 0.635. The van der Waals surface area contributed by atoms with Gasteiger partial charge in [-0.3, -0.25) is 4.98 Å². The van der Waals surface area contributed by atoms with Crippen molar-refractivity contribution in [2.45, 2.75) is 44.7 Å². The van der Waals surface area contributed by atoms with E-state index in [-0.39, 0.29) is 0 Å². The van der Waals surface area contributed by atoms with E-state index >= 15 is 0 Å². The van der Waals surface area contributed by atoms with Gasteiger partial charge in [-0.2, -0.15) is 5.10 Å². The fourth-order valence-corrected chi connectivity index (χ4v) is 3.56. The second kappa shape index (κ2) is 7.62. The summed E-state index contributed by atoms with van der Waals surface area (Å²) in [6.07, 6.45) is 12.5. The lowest BCUT2D eigenvalue weighted by molar-refractivity contribution is 0.372. The van der Waals surface area contributed by atoms with E-state index in [0.717, 1.165) is 23.5 Å². The second-order valence-corrected chi connectivity index (χ2v) is 6.74. The molecule has 0 aliphatic heterocycles.